The van der Waals surface area contributed by atoms with Crippen molar-refractivity contribution in [2.45, 2.75) is 38.8 Å². The van der Waals surface area contributed by atoms with Gasteiger partial charge in [0.1, 0.15) is 6.10 Å². The fourth-order valence-corrected chi connectivity index (χ4v) is 3.25. The average Bonchev–Trinajstić information content (AvgIpc) is 2.85. The second-order valence-corrected chi connectivity index (χ2v) is 6.83. The van der Waals surface area contributed by atoms with Crippen molar-refractivity contribution in [3.8, 4) is 0 Å². The van der Waals surface area contributed by atoms with Gasteiger partial charge in [0.05, 0.1) is 0 Å². The summed E-state index contributed by atoms with van der Waals surface area (Å²) in [5.74, 6) is 0.206. The van der Waals surface area contributed by atoms with Gasteiger partial charge in [0, 0.05) is 40.0 Å². The Morgan fingerprint density at radius 3 is 2.87 bits per heavy atom. The lowest BCUT2D eigenvalue weighted by Crippen LogP contribution is -2.00. The molecule has 0 radical (unpaired) electrons. The van der Waals surface area contributed by atoms with Gasteiger partial charge < -0.3 is 13.9 Å². The Labute approximate surface area is 142 Å². The lowest BCUT2D eigenvalue weighted by atomic mass is 10.1. The van der Waals surface area contributed by atoms with E-state index in [2.05, 4.69) is 4.57 Å². The monoisotopic (exact) mass is 356 g/mol. The van der Waals surface area contributed by atoms with Crippen molar-refractivity contribution < 1.29 is 18.3 Å². The fourth-order valence-electron chi connectivity index (χ4n) is 2.64. The summed E-state index contributed by atoms with van der Waals surface area (Å²) < 4.78 is 28.2. The van der Waals surface area contributed by atoms with E-state index in [0.717, 1.165) is 35.9 Å². The molecule has 0 N–H and O–H groups in total. The summed E-state index contributed by atoms with van der Waals surface area (Å²) in [5, 5.41) is 1.60. The van der Waals surface area contributed by atoms with Crippen LogP contribution >= 0.6 is 11.6 Å². The van der Waals surface area contributed by atoms with E-state index in [-0.39, 0.29) is 11.9 Å². The molecule has 0 saturated heterocycles. The molecule has 2 unspecified atom stereocenters. The van der Waals surface area contributed by atoms with Crippen molar-refractivity contribution in [3.63, 3.8) is 0 Å². The van der Waals surface area contributed by atoms with Crippen molar-refractivity contribution in [2.75, 3.05) is 5.75 Å². The van der Waals surface area contributed by atoms with E-state index in [1.807, 2.05) is 31.3 Å². The summed E-state index contributed by atoms with van der Waals surface area (Å²) in [7, 11) is 0. The van der Waals surface area contributed by atoms with Crippen LogP contribution in [0.25, 0.3) is 10.9 Å². The second-order valence-electron chi connectivity index (χ2n) is 5.38. The first-order valence-electron chi connectivity index (χ1n) is 7.46. The predicted molar refractivity (Wildman–Crippen MR) is 90.1 cm³/mol. The maximum atomic E-state index is 10.6. The first-order chi connectivity index (χ1) is 11.0. The molecular formula is C16H19ClNO4S-. The van der Waals surface area contributed by atoms with E-state index in [1.165, 1.54) is 0 Å². The number of rotatable bonds is 9. The van der Waals surface area contributed by atoms with E-state index < -0.39 is 11.1 Å². The maximum absolute atomic E-state index is 10.6. The summed E-state index contributed by atoms with van der Waals surface area (Å²) in [5.41, 5.74) is 1.94. The Bertz CT molecular complexity index is 701. The van der Waals surface area contributed by atoms with Crippen LogP contribution in [0.2, 0.25) is 5.02 Å². The first kappa shape index (κ1) is 18.0. The Morgan fingerprint density at radius 2 is 2.17 bits per heavy atom. The number of unbranched alkanes of at least 4 members (excludes halogenated alkanes) is 2. The van der Waals surface area contributed by atoms with Crippen molar-refractivity contribution >= 4 is 40.1 Å². The lowest BCUT2D eigenvalue weighted by molar-refractivity contribution is -0.133. The van der Waals surface area contributed by atoms with Crippen LogP contribution in [0.1, 0.15) is 37.9 Å². The van der Waals surface area contributed by atoms with Crippen molar-refractivity contribution in [2.24, 2.45) is 0 Å². The van der Waals surface area contributed by atoms with Crippen LogP contribution < -0.4 is 0 Å². The summed E-state index contributed by atoms with van der Waals surface area (Å²) in [6, 6.07) is 5.64. The van der Waals surface area contributed by atoms with Crippen LogP contribution in [0.4, 0.5) is 0 Å². The molecule has 1 aromatic carbocycles. The minimum Gasteiger partial charge on any atom is -0.772 e. The van der Waals surface area contributed by atoms with Crippen LogP contribution in [0, 0.1) is 0 Å². The van der Waals surface area contributed by atoms with Crippen LogP contribution in [-0.4, -0.2) is 25.6 Å². The Morgan fingerprint density at radius 1 is 1.39 bits per heavy atom. The number of hydrogen-bond donors (Lipinski definition) is 0. The van der Waals surface area contributed by atoms with Crippen LogP contribution in [0.5, 0.6) is 0 Å². The lowest BCUT2D eigenvalue weighted by Gasteiger charge is -2.08. The van der Waals surface area contributed by atoms with Gasteiger partial charge in [-0.25, -0.2) is 0 Å². The number of nitrogens with zero attached hydrogens (tertiary/aromatic N) is 1. The predicted octanol–water partition coefficient (Wildman–Crippen LogP) is 3.58. The van der Waals surface area contributed by atoms with Crippen LogP contribution in [-0.2, 0) is 27.2 Å². The smallest absolute Gasteiger partial charge is 0.293 e. The zero-order chi connectivity index (χ0) is 16.8. The molecule has 0 aliphatic heterocycles. The van der Waals surface area contributed by atoms with Crippen molar-refractivity contribution in [3.05, 3.63) is 35.0 Å². The standard InChI is InChI=1S/C16H20ClNO4S/c1-12(22-11-19)15-10-18(7-3-2-4-8-23(20)21)16-6-5-13(17)9-14(15)16/h5-6,9-12H,2-4,7-8H2,1H3,(H,20,21)/p-1. The number of hydrogen-bond acceptors (Lipinski definition) is 4. The zero-order valence-electron chi connectivity index (χ0n) is 12.9. The average molecular weight is 357 g/mol. The third-order valence-corrected chi connectivity index (χ3v) is 4.64. The van der Waals surface area contributed by atoms with Gasteiger partial charge in [-0.15, -0.1) is 0 Å². The van der Waals surface area contributed by atoms with E-state index in [4.69, 9.17) is 16.3 Å². The zero-order valence-corrected chi connectivity index (χ0v) is 14.4. The maximum Gasteiger partial charge on any atom is 0.293 e. The number of benzene rings is 1. The SMILES string of the molecule is CC(OC=O)c1cn(CCCCCS(=O)[O-])c2ccc(Cl)cc12. The molecule has 126 valence electrons. The van der Waals surface area contributed by atoms with Gasteiger partial charge in [-0.1, -0.05) is 29.1 Å². The topological polar surface area (TPSA) is 71.4 Å². The minimum atomic E-state index is -1.96. The third-order valence-electron chi connectivity index (χ3n) is 3.78. The number of carbonyl (C=O) groups excluding carboxylic acids is 1. The van der Waals surface area contributed by atoms with E-state index in [1.54, 1.807) is 0 Å². The highest BCUT2D eigenvalue weighted by Crippen LogP contribution is 2.30. The quantitative estimate of drug-likeness (QED) is 0.391. The summed E-state index contributed by atoms with van der Waals surface area (Å²) >= 11 is 4.11. The number of halogens is 1. The largest absolute Gasteiger partial charge is 0.772 e. The van der Waals surface area contributed by atoms with E-state index >= 15 is 0 Å². The van der Waals surface area contributed by atoms with Crippen molar-refractivity contribution in [1.29, 1.82) is 0 Å². The number of ether oxygens (including phenoxy) is 1. The van der Waals surface area contributed by atoms with Crippen LogP contribution in [0.3, 0.4) is 0 Å². The summed E-state index contributed by atoms with van der Waals surface area (Å²) in [6.45, 7) is 3.04. The highest BCUT2D eigenvalue weighted by molar-refractivity contribution is 7.79. The van der Waals surface area contributed by atoms with Crippen LogP contribution in [0.15, 0.2) is 24.4 Å². The Kier molecular flexibility index (Phi) is 6.62. The molecule has 2 rings (SSSR count). The molecule has 0 saturated carbocycles. The number of aromatic nitrogens is 1. The summed E-state index contributed by atoms with van der Waals surface area (Å²) in [6.07, 6.45) is 4.01. The van der Waals surface area contributed by atoms with E-state index in [0.29, 0.717) is 17.9 Å². The molecule has 1 aromatic heterocycles. The molecule has 0 fully saturated rings. The van der Waals surface area contributed by atoms with Gasteiger partial charge in [0.2, 0.25) is 0 Å². The highest BCUT2D eigenvalue weighted by Gasteiger charge is 2.15. The molecule has 0 spiro atoms. The van der Waals surface area contributed by atoms with Gasteiger partial charge in [-0.2, -0.15) is 0 Å². The Hall–Kier alpha value is -1.37. The normalized spacial score (nSPS) is 13.9. The molecule has 2 atom stereocenters. The van der Waals surface area contributed by atoms with Gasteiger partial charge in [-0.3, -0.25) is 9.00 Å². The number of carbonyl (C=O) groups is 1. The molecule has 2 aromatic rings. The first-order valence-corrected chi connectivity index (χ1v) is 9.08. The van der Waals surface area contributed by atoms with E-state index in [9.17, 15) is 13.6 Å². The molecular weight excluding hydrogens is 338 g/mol. The second kappa shape index (κ2) is 8.47. The molecule has 7 heteroatoms. The molecule has 23 heavy (non-hydrogen) atoms. The molecule has 0 amide bonds. The number of aryl methyl sites for hydroxylation is 1. The van der Waals surface area contributed by atoms with Gasteiger partial charge >= 0.3 is 0 Å². The van der Waals surface area contributed by atoms with Crippen molar-refractivity contribution in [1.82, 2.24) is 4.57 Å². The molecule has 5 nitrogen and oxygen atoms in total. The Balaban J connectivity index is 2.16. The fraction of sp³-hybridized carbons (Fsp3) is 0.438. The highest BCUT2D eigenvalue weighted by atomic mass is 35.5. The number of fused-ring (bicyclic) bond motifs is 1. The molecule has 0 aliphatic carbocycles. The van der Waals surface area contributed by atoms with Gasteiger partial charge in [0.15, 0.2) is 0 Å². The summed E-state index contributed by atoms with van der Waals surface area (Å²) in [4.78, 5) is 10.6. The molecule has 0 bridgehead atoms. The molecule has 1 heterocycles. The third kappa shape index (κ3) is 4.80. The minimum absolute atomic E-state index is 0.206. The van der Waals surface area contributed by atoms with Gasteiger partial charge in [0.25, 0.3) is 6.47 Å². The molecule has 0 aliphatic rings. The van der Waals surface area contributed by atoms with Gasteiger partial charge in [-0.05, 0) is 38.0 Å².